The molecule has 0 bridgehead atoms. The van der Waals surface area contributed by atoms with Gasteiger partial charge in [0.05, 0.1) is 22.2 Å². The highest BCUT2D eigenvalue weighted by atomic mass is 19.1. The van der Waals surface area contributed by atoms with E-state index in [0.29, 0.717) is 58.7 Å². The number of halogens is 3. The summed E-state index contributed by atoms with van der Waals surface area (Å²) in [4.78, 5) is 16.8. The number of anilines is 1. The minimum absolute atomic E-state index is 0.00185. The second-order valence-electron chi connectivity index (χ2n) is 14.1. The van der Waals surface area contributed by atoms with Crippen LogP contribution in [0.1, 0.15) is 70.1 Å². The molecule has 2 saturated heterocycles. The fourth-order valence-corrected chi connectivity index (χ4v) is 8.57. The molecule has 10 heteroatoms. The summed E-state index contributed by atoms with van der Waals surface area (Å²) >= 11 is 0. The van der Waals surface area contributed by atoms with E-state index < -0.39 is 23.3 Å². The Morgan fingerprint density at radius 2 is 2.00 bits per heavy atom. The normalized spacial score (nSPS) is 25.9. The molecule has 8 rings (SSSR count). The molecule has 0 spiro atoms. The van der Waals surface area contributed by atoms with Crippen LogP contribution in [0.5, 0.6) is 6.01 Å². The van der Waals surface area contributed by atoms with E-state index in [1.807, 2.05) is 6.07 Å². The first-order chi connectivity index (χ1) is 23.3. The Hall–Kier alpha value is -3.94. The van der Waals surface area contributed by atoms with Crippen molar-refractivity contribution in [2.75, 3.05) is 25.0 Å². The Labute approximate surface area is 279 Å². The predicted octanol–water partition coefficient (Wildman–Crippen LogP) is 6.95. The first-order valence-electron chi connectivity index (χ1n) is 17.4. The summed E-state index contributed by atoms with van der Waals surface area (Å²) in [5.41, 5.74) is 0.889. The highest BCUT2D eigenvalue weighted by molar-refractivity contribution is 6.02. The van der Waals surface area contributed by atoms with Crippen molar-refractivity contribution in [2.45, 2.75) is 95.1 Å². The zero-order valence-electron chi connectivity index (χ0n) is 27.5. The van der Waals surface area contributed by atoms with Gasteiger partial charge in [-0.3, -0.25) is 4.90 Å². The number of fused-ring (bicyclic) bond motifs is 2. The quantitative estimate of drug-likeness (QED) is 0.189. The predicted molar refractivity (Wildman–Crippen MR) is 182 cm³/mol. The van der Waals surface area contributed by atoms with Crippen molar-refractivity contribution in [3.8, 4) is 29.6 Å². The molecule has 1 aliphatic carbocycles. The number of benzene rings is 2. The summed E-state index contributed by atoms with van der Waals surface area (Å²) in [7, 11) is 0. The standard InChI is InChI=1S/C38H41F3N6O/c1-4-21-17-29-31-35(32(41)34(43-29)26-10-7-9-22-11-14-27(40)25(5-2)30(22)26)45-37(48-20-38-15-8-16-47(38)19-23(39)18-38)46-36(31)44-33(21)28(6-3)42-24-12-13-24/h2,7,9-11,14,21,23-24,28,33,42H,4,6,8,12-13,15-20H2,1,3H3,(H,44,45,46)/t21-,23+,28-,33-,38-/m0/s1. The summed E-state index contributed by atoms with van der Waals surface area (Å²) < 4.78 is 53.0. The van der Waals surface area contributed by atoms with E-state index in [4.69, 9.17) is 26.1 Å². The summed E-state index contributed by atoms with van der Waals surface area (Å²) in [6.07, 6.45) is 11.8. The van der Waals surface area contributed by atoms with E-state index in [1.54, 1.807) is 18.2 Å². The van der Waals surface area contributed by atoms with Crippen LogP contribution in [0.15, 0.2) is 30.3 Å². The molecule has 2 aromatic carbocycles. The van der Waals surface area contributed by atoms with Crippen LogP contribution in [-0.4, -0.2) is 69.4 Å². The average Bonchev–Trinajstić information content (AvgIpc) is 3.78. The molecule has 4 aliphatic rings. The highest BCUT2D eigenvalue weighted by Gasteiger charge is 2.49. The molecule has 0 unspecified atom stereocenters. The van der Waals surface area contributed by atoms with Crippen LogP contribution in [0.3, 0.4) is 0 Å². The zero-order valence-corrected chi connectivity index (χ0v) is 27.5. The molecule has 3 fully saturated rings. The van der Waals surface area contributed by atoms with Crippen LogP contribution in [0.25, 0.3) is 32.9 Å². The van der Waals surface area contributed by atoms with Crippen molar-refractivity contribution in [2.24, 2.45) is 5.92 Å². The molecule has 7 nitrogen and oxygen atoms in total. The van der Waals surface area contributed by atoms with Gasteiger partial charge in [0.1, 0.15) is 35.6 Å². The van der Waals surface area contributed by atoms with Crippen LogP contribution in [0.4, 0.5) is 19.0 Å². The van der Waals surface area contributed by atoms with Crippen LogP contribution in [0, 0.1) is 29.9 Å². The fourth-order valence-electron chi connectivity index (χ4n) is 8.57. The number of hydrogen-bond donors (Lipinski definition) is 2. The Bertz CT molecular complexity index is 1940. The second kappa shape index (κ2) is 12.2. The van der Waals surface area contributed by atoms with Crippen LogP contribution in [-0.2, 0) is 6.42 Å². The molecule has 2 aromatic heterocycles. The molecular formula is C38H41F3N6O. The van der Waals surface area contributed by atoms with E-state index in [2.05, 4.69) is 35.3 Å². The lowest BCUT2D eigenvalue weighted by Gasteiger charge is -2.33. The average molecular weight is 655 g/mol. The van der Waals surface area contributed by atoms with E-state index in [-0.39, 0.29) is 47.4 Å². The van der Waals surface area contributed by atoms with E-state index in [0.717, 1.165) is 45.1 Å². The van der Waals surface area contributed by atoms with Gasteiger partial charge in [-0.1, -0.05) is 50.5 Å². The van der Waals surface area contributed by atoms with Crippen molar-refractivity contribution in [3.05, 3.63) is 53.2 Å². The molecular weight excluding hydrogens is 613 g/mol. The number of hydrogen-bond acceptors (Lipinski definition) is 7. The van der Waals surface area contributed by atoms with Gasteiger partial charge >= 0.3 is 6.01 Å². The van der Waals surface area contributed by atoms with Gasteiger partial charge in [0.15, 0.2) is 5.82 Å². The molecule has 250 valence electrons. The number of alkyl halides is 1. The van der Waals surface area contributed by atoms with Crippen LogP contribution < -0.4 is 15.4 Å². The Balaban J connectivity index is 1.30. The zero-order chi connectivity index (χ0) is 33.2. The van der Waals surface area contributed by atoms with E-state index in [9.17, 15) is 4.39 Å². The first kappa shape index (κ1) is 31.3. The lowest BCUT2D eigenvalue weighted by atomic mass is 9.86. The number of pyridine rings is 1. The summed E-state index contributed by atoms with van der Waals surface area (Å²) in [5.74, 6) is 1.93. The van der Waals surface area contributed by atoms with Gasteiger partial charge in [0, 0.05) is 42.0 Å². The molecule has 1 saturated carbocycles. The fraction of sp³-hybridized carbons (Fsp3) is 0.500. The Kier molecular flexibility index (Phi) is 7.96. The number of ether oxygens (including phenoxy) is 1. The van der Waals surface area contributed by atoms with Crippen LogP contribution in [0.2, 0.25) is 0 Å². The molecule has 5 heterocycles. The second-order valence-corrected chi connectivity index (χ2v) is 14.1. The van der Waals surface area contributed by atoms with Crippen LogP contribution >= 0.6 is 0 Å². The van der Waals surface area contributed by atoms with Gasteiger partial charge in [-0.15, -0.1) is 6.42 Å². The van der Waals surface area contributed by atoms with Crippen molar-refractivity contribution >= 4 is 27.5 Å². The minimum Gasteiger partial charge on any atom is -0.461 e. The number of nitrogens with zero attached hydrogens (tertiary/aromatic N) is 4. The molecule has 48 heavy (non-hydrogen) atoms. The smallest absolute Gasteiger partial charge is 0.319 e. The number of nitrogens with one attached hydrogen (secondary N) is 2. The van der Waals surface area contributed by atoms with Crippen molar-refractivity contribution in [1.82, 2.24) is 25.2 Å². The molecule has 4 aromatic rings. The van der Waals surface area contributed by atoms with Gasteiger partial charge in [-0.2, -0.15) is 9.97 Å². The Morgan fingerprint density at radius 1 is 1.15 bits per heavy atom. The number of rotatable bonds is 9. The van der Waals surface area contributed by atoms with E-state index >= 15 is 8.78 Å². The molecule has 3 aliphatic heterocycles. The molecule has 0 radical (unpaired) electrons. The third-order valence-corrected chi connectivity index (χ3v) is 11.2. The molecule has 5 atom stereocenters. The maximum Gasteiger partial charge on any atom is 0.319 e. The van der Waals surface area contributed by atoms with Crippen molar-refractivity contribution < 1.29 is 17.9 Å². The third kappa shape index (κ3) is 5.26. The van der Waals surface area contributed by atoms with Crippen molar-refractivity contribution in [3.63, 3.8) is 0 Å². The lowest BCUT2D eigenvalue weighted by Crippen LogP contribution is -2.49. The van der Waals surface area contributed by atoms with Gasteiger partial charge in [0.25, 0.3) is 0 Å². The lowest BCUT2D eigenvalue weighted by molar-refractivity contribution is 0.107. The molecule has 0 amide bonds. The van der Waals surface area contributed by atoms with E-state index in [1.165, 1.54) is 6.07 Å². The maximum atomic E-state index is 17.1. The van der Waals surface area contributed by atoms with Crippen molar-refractivity contribution in [1.29, 1.82) is 0 Å². The third-order valence-electron chi connectivity index (χ3n) is 11.2. The van der Waals surface area contributed by atoms with Gasteiger partial charge in [-0.05, 0) is 62.4 Å². The van der Waals surface area contributed by atoms with Gasteiger partial charge in [-0.25, -0.2) is 18.2 Å². The maximum absolute atomic E-state index is 17.1. The first-order valence-corrected chi connectivity index (χ1v) is 17.4. The SMILES string of the molecule is C#Cc1c(F)ccc2cccc(-c3nc4c5c(nc(OC[C@@]67CCCN6C[C@H](F)C7)nc5c3F)N[C@H]([C@H](CC)NC3CC3)[C@@H](CC)C4)c12. The summed E-state index contributed by atoms with van der Waals surface area (Å²) in [6, 6.07) is 9.05. The minimum atomic E-state index is -0.901. The highest BCUT2D eigenvalue weighted by Crippen LogP contribution is 2.43. The largest absolute Gasteiger partial charge is 0.461 e. The summed E-state index contributed by atoms with van der Waals surface area (Å²) in [5, 5.41) is 9.20. The number of aromatic nitrogens is 3. The summed E-state index contributed by atoms with van der Waals surface area (Å²) in [6.45, 7) is 5.81. The Morgan fingerprint density at radius 3 is 2.77 bits per heavy atom. The topological polar surface area (TPSA) is 75.2 Å². The monoisotopic (exact) mass is 654 g/mol. The van der Waals surface area contributed by atoms with Gasteiger partial charge < -0.3 is 15.4 Å². The van der Waals surface area contributed by atoms with Gasteiger partial charge in [0.2, 0.25) is 0 Å². The number of terminal acetylenes is 1. The molecule has 2 N–H and O–H groups in total.